The van der Waals surface area contributed by atoms with Crippen LogP contribution in [0.4, 0.5) is 11.4 Å². The average Bonchev–Trinajstić information content (AvgIpc) is 2.45. The van der Waals surface area contributed by atoms with Gasteiger partial charge in [0.2, 0.25) is 10.0 Å². The van der Waals surface area contributed by atoms with Gasteiger partial charge in [-0.3, -0.25) is 0 Å². The maximum Gasteiger partial charge on any atom is 0.238 e. The van der Waals surface area contributed by atoms with E-state index < -0.39 is 10.0 Å². The van der Waals surface area contributed by atoms with Crippen molar-refractivity contribution in [2.75, 3.05) is 18.2 Å². The van der Waals surface area contributed by atoms with E-state index in [0.29, 0.717) is 17.9 Å². The number of nitrogens with one attached hydrogen (secondary N) is 1. The maximum absolute atomic E-state index is 11.3. The molecule has 0 aliphatic heterocycles. The van der Waals surface area contributed by atoms with E-state index >= 15 is 0 Å². The van der Waals surface area contributed by atoms with Crippen molar-refractivity contribution in [3.63, 3.8) is 0 Å². The first-order valence-corrected chi connectivity index (χ1v) is 7.74. The van der Waals surface area contributed by atoms with Gasteiger partial charge in [-0.05, 0) is 35.9 Å². The minimum Gasteiger partial charge on any atom is -0.497 e. The van der Waals surface area contributed by atoms with Crippen molar-refractivity contribution in [1.82, 2.24) is 0 Å². The maximum atomic E-state index is 11.3. The number of nitrogens with two attached hydrogens (primary N) is 2. The van der Waals surface area contributed by atoms with Gasteiger partial charge >= 0.3 is 0 Å². The fourth-order valence-electron chi connectivity index (χ4n) is 1.85. The zero-order valence-corrected chi connectivity index (χ0v) is 12.4. The van der Waals surface area contributed by atoms with Crippen LogP contribution in [0.5, 0.6) is 5.75 Å². The molecule has 7 heteroatoms. The van der Waals surface area contributed by atoms with Gasteiger partial charge in [0, 0.05) is 6.54 Å². The van der Waals surface area contributed by atoms with Gasteiger partial charge < -0.3 is 15.8 Å². The lowest BCUT2D eigenvalue weighted by atomic mass is 10.2. The summed E-state index contributed by atoms with van der Waals surface area (Å²) in [6, 6.07) is 11.8. The SMILES string of the molecule is COc1cccc(CNc2cc(S(N)(=O)=O)ccc2N)c1. The molecule has 0 spiro atoms. The summed E-state index contributed by atoms with van der Waals surface area (Å²) in [5, 5.41) is 8.20. The summed E-state index contributed by atoms with van der Waals surface area (Å²) in [5.41, 5.74) is 7.78. The standard InChI is InChI=1S/C14H17N3O3S/c1-20-11-4-2-3-10(7-11)9-17-14-8-12(21(16,18)19)5-6-13(14)15/h2-8,17H,9,15H2,1H3,(H2,16,18,19). The van der Waals surface area contributed by atoms with E-state index in [4.69, 9.17) is 15.6 Å². The molecular formula is C14H17N3O3S. The summed E-state index contributed by atoms with van der Waals surface area (Å²) in [6.45, 7) is 0.482. The van der Waals surface area contributed by atoms with Gasteiger partial charge in [0.15, 0.2) is 0 Å². The van der Waals surface area contributed by atoms with Crippen LogP contribution in [0.2, 0.25) is 0 Å². The molecule has 0 aliphatic carbocycles. The fourth-order valence-corrected chi connectivity index (χ4v) is 2.39. The van der Waals surface area contributed by atoms with E-state index in [1.807, 2.05) is 24.3 Å². The number of primary sulfonamides is 1. The molecule has 0 bridgehead atoms. The lowest BCUT2D eigenvalue weighted by molar-refractivity contribution is 0.414. The highest BCUT2D eigenvalue weighted by Gasteiger charge is 2.10. The minimum absolute atomic E-state index is 0.0184. The van der Waals surface area contributed by atoms with E-state index in [1.165, 1.54) is 18.2 Å². The van der Waals surface area contributed by atoms with Crippen LogP contribution < -0.4 is 20.9 Å². The van der Waals surface area contributed by atoms with Gasteiger partial charge in [0.25, 0.3) is 0 Å². The largest absolute Gasteiger partial charge is 0.497 e. The number of nitrogen functional groups attached to an aromatic ring is 1. The van der Waals surface area contributed by atoms with E-state index in [1.54, 1.807) is 7.11 Å². The van der Waals surface area contributed by atoms with Gasteiger partial charge in [-0.15, -0.1) is 0 Å². The van der Waals surface area contributed by atoms with Crippen molar-refractivity contribution in [2.45, 2.75) is 11.4 Å². The molecule has 0 amide bonds. The lowest BCUT2D eigenvalue weighted by Crippen LogP contribution is -2.13. The molecule has 0 aliphatic rings. The number of sulfonamides is 1. The van der Waals surface area contributed by atoms with Crippen LogP contribution in [-0.2, 0) is 16.6 Å². The number of anilines is 2. The van der Waals surface area contributed by atoms with E-state index in [2.05, 4.69) is 5.32 Å². The first-order chi connectivity index (χ1) is 9.90. The van der Waals surface area contributed by atoms with Crippen molar-refractivity contribution < 1.29 is 13.2 Å². The zero-order valence-electron chi connectivity index (χ0n) is 11.5. The molecule has 0 saturated heterocycles. The molecule has 0 fully saturated rings. The second-order valence-electron chi connectivity index (χ2n) is 4.50. The molecule has 0 aromatic heterocycles. The Labute approximate surface area is 123 Å². The normalized spacial score (nSPS) is 11.1. The molecule has 112 valence electrons. The molecule has 0 unspecified atom stereocenters. The number of hydrogen-bond donors (Lipinski definition) is 3. The van der Waals surface area contributed by atoms with Gasteiger partial charge in [-0.25, -0.2) is 13.6 Å². The van der Waals surface area contributed by atoms with Gasteiger partial charge in [0.1, 0.15) is 5.75 Å². The molecule has 21 heavy (non-hydrogen) atoms. The minimum atomic E-state index is -3.75. The van der Waals surface area contributed by atoms with E-state index in [-0.39, 0.29) is 4.90 Å². The van der Waals surface area contributed by atoms with Crippen LogP contribution in [0.25, 0.3) is 0 Å². The molecule has 2 rings (SSSR count). The second-order valence-corrected chi connectivity index (χ2v) is 6.06. The number of rotatable bonds is 5. The van der Waals surface area contributed by atoms with Crippen LogP contribution in [0.15, 0.2) is 47.4 Å². The molecule has 6 nitrogen and oxygen atoms in total. The Morgan fingerprint density at radius 1 is 1.19 bits per heavy atom. The summed E-state index contributed by atoms with van der Waals surface area (Å²) < 4.78 is 27.8. The molecule has 0 radical (unpaired) electrons. The number of methoxy groups -OCH3 is 1. The first kappa shape index (κ1) is 15.1. The Bertz CT molecular complexity index is 745. The van der Waals surface area contributed by atoms with Gasteiger partial charge in [-0.2, -0.15) is 0 Å². The van der Waals surface area contributed by atoms with E-state index in [9.17, 15) is 8.42 Å². The summed E-state index contributed by atoms with van der Waals surface area (Å²) in [7, 11) is -2.15. The van der Waals surface area contributed by atoms with Crippen molar-refractivity contribution in [1.29, 1.82) is 0 Å². The third kappa shape index (κ3) is 3.87. The van der Waals surface area contributed by atoms with Gasteiger partial charge in [0.05, 0.1) is 23.4 Å². The highest BCUT2D eigenvalue weighted by atomic mass is 32.2. The van der Waals surface area contributed by atoms with Crippen LogP contribution in [0.3, 0.4) is 0 Å². The predicted molar refractivity (Wildman–Crippen MR) is 82.5 cm³/mol. The Balaban J connectivity index is 2.19. The Morgan fingerprint density at radius 3 is 2.62 bits per heavy atom. The molecule has 5 N–H and O–H groups in total. The zero-order chi connectivity index (χ0) is 15.5. The van der Waals surface area contributed by atoms with Crippen molar-refractivity contribution >= 4 is 21.4 Å². The topological polar surface area (TPSA) is 107 Å². The predicted octanol–water partition coefficient (Wildman–Crippen LogP) is 1.54. The van der Waals surface area contributed by atoms with Gasteiger partial charge in [-0.1, -0.05) is 12.1 Å². The molecule has 0 atom stereocenters. The lowest BCUT2D eigenvalue weighted by Gasteiger charge is -2.11. The fraction of sp³-hybridized carbons (Fsp3) is 0.143. The highest BCUT2D eigenvalue weighted by molar-refractivity contribution is 7.89. The average molecular weight is 307 g/mol. The van der Waals surface area contributed by atoms with Crippen molar-refractivity contribution in [3.8, 4) is 5.75 Å². The smallest absolute Gasteiger partial charge is 0.238 e. The number of benzene rings is 2. The number of hydrogen-bond acceptors (Lipinski definition) is 5. The molecular weight excluding hydrogens is 290 g/mol. The molecule has 0 heterocycles. The molecule has 2 aromatic rings. The summed E-state index contributed by atoms with van der Waals surface area (Å²) in [5.74, 6) is 0.751. The summed E-state index contributed by atoms with van der Waals surface area (Å²) in [6.07, 6.45) is 0. The Hall–Kier alpha value is -2.25. The second kappa shape index (κ2) is 6.02. The van der Waals surface area contributed by atoms with E-state index in [0.717, 1.165) is 11.3 Å². The quantitative estimate of drug-likeness (QED) is 0.726. The van der Waals surface area contributed by atoms with Crippen LogP contribution in [-0.4, -0.2) is 15.5 Å². The Morgan fingerprint density at radius 2 is 1.95 bits per heavy atom. The van der Waals surface area contributed by atoms with Crippen molar-refractivity contribution in [3.05, 3.63) is 48.0 Å². The Kier molecular flexibility index (Phi) is 4.35. The third-order valence-corrected chi connectivity index (χ3v) is 3.88. The first-order valence-electron chi connectivity index (χ1n) is 6.19. The summed E-state index contributed by atoms with van der Waals surface area (Å²) in [4.78, 5) is 0.0184. The van der Waals surface area contributed by atoms with Crippen molar-refractivity contribution in [2.24, 2.45) is 5.14 Å². The number of ether oxygens (including phenoxy) is 1. The molecule has 2 aromatic carbocycles. The van der Waals surface area contributed by atoms with Crippen LogP contribution in [0, 0.1) is 0 Å². The monoisotopic (exact) mass is 307 g/mol. The third-order valence-electron chi connectivity index (χ3n) is 2.97. The van der Waals surface area contributed by atoms with Crippen LogP contribution >= 0.6 is 0 Å². The summed E-state index contributed by atoms with van der Waals surface area (Å²) >= 11 is 0. The van der Waals surface area contributed by atoms with Crippen LogP contribution in [0.1, 0.15) is 5.56 Å². The molecule has 0 saturated carbocycles. The highest BCUT2D eigenvalue weighted by Crippen LogP contribution is 2.23.